The van der Waals surface area contributed by atoms with Crippen molar-refractivity contribution in [2.24, 2.45) is 0 Å². The Kier molecular flexibility index (Phi) is 4.14. The van der Waals surface area contributed by atoms with Crippen LogP contribution in [0, 0.1) is 0 Å². The summed E-state index contributed by atoms with van der Waals surface area (Å²) in [6.45, 7) is 3.26. The summed E-state index contributed by atoms with van der Waals surface area (Å²) < 4.78 is 7.72. The summed E-state index contributed by atoms with van der Waals surface area (Å²) in [5.41, 5.74) is -0.785. The lowest BCUT2D eigenvalue weighted by Gasteiger charge is -2.35. The molecule has 1 amide bonds. The molecule has 2 aromatic rings. The van der Waals surface area contributed by atoms with Crippen molar-refractivity contribution >= 4 is 17.2 Å². The highest BCUT2D eigenvalue weighted by Crippen LogP contribution is 2.37. The fraction of sp³-hybridized carbons (Fsp3) is 0.588. The summed E-state index contributed by atoms with van der Waals surface area (Å²) in [5, 5.41) is 13.8. The molecule has 0 bridgehead atoms. The van der Waals surface area contributed by atoms with E-state index in [0.717, 1.165) is 29.4 Å². The van der Waals surface area contributed by atoms with Crippen LogP contribution in [-0.2, 0) is 28.2 Å². The highest BCUT2D eigenvalue weighted by Gasteiger charge is 2.43. The Bertz CT molecular complexity index is 721. The molecule has 24 heavy (non-hydrogen) atoms. The first kappa shape index (κ1) is 15.8. The number of fused-ring (bicyclic) bond motifs is 1. The Morgan fingerprint density at radius 1 is 1.46 bits per heavy atom. The van der Waals surface area contributed by atoms with Crippen LogP contribution in [0.25, 0.3) is 0 Å². The molecule has 2 aliphatic rings. The molecule has 0 aromatic carbocycles. The molecule has 2 aromatic heterocycles. The highest BCUT2D eigenvalue weighted by molar-refractivity contribution is 7.09. The summed E-state index contributed by atoms with van der Waals surface area (Å²) >= 11 is 1.64. The zero-order valence-electron chi connectivity index (χ0n) is 13.8. The number of carbonyl (C=O) groups excluding carboxylic acids is 1. The summed E-state index contributed by atoms with van der Waals surface area (Å²) in [4.78, 5) is 14.1. The maximum absolute atomic E-state index is 13.0. The van der Waals surface area contributed by atoms with Gasteiger partial charge in [-0.05, 0) is 31.2 Å². The van der Waals surface area contributed by atoms with Crippen LogP contribution in [-0.4, -0.2) is 27.3 Å². The number of nitrogens with zero attached hydrogens (tertiary/aromatic N) is 3. The number of rotatable bonds is 4. The molecule has 3 heterocycles. The summed E-state index contributed by atoms with van der Waals surface area (Å²) in [5.74, 6) is 2.10. The lowest BCUT2D eigenvalue weighted by atomic mass is 9.98. The molecule has 7 heteroatoms. The number of nitrogens with one attached hydrogen (secondary N) is 1. The van der Waals surface area contributed by atoms with Gasteiger partial charge in [0, 0.05) is 10.8 Å². The van der Waals surface area contributed by atoms with Crippen LogP contribution in [0.5, 0.6) is 0 Å². The fourth-order valence-electron chi connectivity index (χ4n) is 3.75. The summed E-state index contributed by atoms with van der Waals surface area (Å²) in [6.07, 6.45) is 4.72. The normalized spacial score (nSPS) is 24.0. The third-order valence-corrected chi connectivity index (χ3v) is 5.95. The molecule has 1 aliphatic heterocycles. The number of hydrogen-bond acceptors (Lipinski definition) is 5. The second-order valence-corrected chi connectivity index (χ2v) is 7.85. The molecule has 0 radical (unpaired) electrons. The third-order valence-electron chi connectivity index (χ3n) is 5.08. The molecule has 1 fully saturated rings. The average molecular weight is 346 g/mol. The first-order valence-electron chi connectivity index (χ1n) is 8.51. The van der Waals surface area contributed by atoms with Crippen LogP contribution in [0.3, 0.4) is 0 Å². The third kappa shape index (κ3) is 2.65. The molecule has 6 nitrogen and oxygen atoms in total. The van der Waals surface area contributed by atoms with E-state index >= 15 is 0 Å². The van der Waals surface area contributed by atoms with Crippen LogP contribution >= 0.6 is 11.3 Å². The van der Waals surface area contributed by atoms with Crippen LogP contribution < -0.4 is 5.32 Å². The van der Waals surface area contributed by atoms with Gasteiger partial charge >= 0.3 is 0 Å². The molecule has 1 unspecified atom stereocenters. The second-order valence-electron chi connectivity index (χ2n) is 6.82. The van der Waals surface area contributed by atoms with E-state index in [1.165, 1.54) is 12.8 Å². The number of thiophene rings is 1. The van der Waals surface area contributed by atoms with Crippen molar-refractivity contribution in [1.29, 1.82) is 0 Å². The summed E-state index contributed by atoms with van der Waals surface area (Å²) in [7, 11) is 0. The molecule has 1 atom stereocenters. The lowest BCUT2D eigenvalue weighted by Crippen LogP contribution is -2.53. The SMILES string of the molecule is CC1(C(=O)NCc2cccs2)COCc2nnc(C3CCCC3)n21. The minimum Gasteiger partial charge on any atom is -0.370 e. The van der Waals surface area contributed by atoms with Gasteiger partial charge in [-0.25, -0.2) is 0 Å². The largest absolute Gasteiger partial charge is 0.370 e. The van der Waals surface area contributed by atoms with E-state index in [0.29, 0.717) is 25.7 Å². The Labute approximate surface area is 145 Å². The van der Waals surface area contributed by atoms with Gasteiger partial charge in [0.05, 0.1) is 13.2 Å². The number of hydrogen-bond donors (Lipinski definition) is 1. The van der Waals surface area contributed by atoms with Crippen LogP contribution in [0.15, 0.2) is 17.5 Å². The molecule has 128 valence electrons. The monoisotopic (exact) mass is 346 g/mol. The predicted molar refractivity (Wildman–Crippen MR) is 90.7 cm³/mol. The number of amides is 1. The van der Waals surface area contributed by atoms with Gasteiger partial charge in [0.25, 0.3) is 0 Å². The van der Waals surface area contributed by atoms with Crippen molar-refractivity contribution < 1.29 is 9.53 Å². The van der Waals surface area contributed by atoms with Crippen molar-refractivity contribution in [2.75, 3.05) is 6.61 Å². The number of aromatic nitrogens is 3. The van der Waals surface area contributed by atoms with Gasteiger partial charge in [-0.15, -0.1) is 21.5 Å². The van der Waals surface area contributed by atoms with Gasteiger partial charge < -0.3 is 10.1 Å². The van der Waals surface area contributed by atoms with Crippen LogP contribution in [0.1, 0.15) is 55.1 Å². The van der Waals surface area contributed by atoms with Gasteiger partial charge in [0.2, 0.25) is 5.91 Å². The van der Waals surface area contributed by atoms with Gasteiger partial charge in [-0.3, -0.25) is 9.36 Å². The minimum absolute atomic E-state index is 0.0316. The van der Waals surface area contributed by atoms with E-state index in [9.17, 15) is 4.79 Å². The Balaban J connectivity index is 1.61. The predicted octanol–water partition coefficient (Wildman–Crippen LogP) is 2.56. The van der Waals surface area contributed by atoms with E-state index < -0.39 is 5.54 Å². The number of carbonyl (C=O) groups is 1. The van der Waals surface area contributed by atoms with E-state index in [4.69, 9.17) is 4.74 Å². The molecular weight excluding hydrogens is 324 g/mol. The van der Waals surface area contributed by atoms with Crippen molar-refractivity contribution in [3.63, 3.8) is 0 Å². The smallest absolute Gasteiger partial charge is 0.248 e. The second kappa shape index (κ2) is 6.29. The molecule has 0 spiro atoms. The van der Waals surface area contributed by atoms with E-state index in [1.54, 1.807) is 11.3 Å². The van der Waals surface area contributed by atoms with Gasteiger partial charge in [0.1, 0.15) is 18.0 Å². The van der Waals surface area contributed by atoms with E-state index in [1.807, 2.05) is 24.4 Å². The molecule has 4 rings (SSSR count). The Morgan fingerprint density at radius 3 is 3.04 bits per heavy atom. The zero-order chi connectivity index (χ0) is 16.6. The fourth-order valence-corrected chi connectivity index (χ4v) is 4.40. The molecule has 1 N–H and O–H groups in total. The molecule has 1 aliphatic carbocycles. The Morgan fingerprint density at radius 2 is 2.29 bits per heavy atom. The standard InChI is InChI=1S/C17H22N4O2S/c1-17(16(22)18-9-13-7-4-8-24-13)11-23-10-14-19-20-15(21(14)17)12-5-2-3-6-12/h4,7-8,12H,2-3,5-6,9-11H2,1H3,(H,18,22). The van der Waals surface area contributed by atoms with Gasteiger partial charge in [0.15, 0.2) is 5.82 Å². The van der Waals surface area contributed by atoms with Crippen molar-refractivity contribution in [1.82, 2.24) is 20.1 Å². The quantitative estimate of drug-likeness (QED) is 0.924. The topological polar surface area (TPSA) is 69.0 Å². The molecule has 0 saturated heterocycles. The maximum atomic E-state index is 13.0. The first-order chi connectivity index (χ1) is 11.7. The van der Waals surface area contributed by atoms with Crippen LogP contribution in [0.2, 0.25) is 0 Å². The van der Waals surface area contributed by atoms with Crippen LogP contribution in [0.4, 0.5) is 0 Å². The molecule has 1 saturated carbocycles. The zero-order valence-corrected chi connectivity index (χ0v) is 14.6. The van der Waals surface area contributed by atoms with Crippen molar-refractivity contribution in [2.45, 2.75) is 57.2 Å². The van der Waals surface area contributed by atoms with Gasteiger partial charge in [-0.1, -0.05) is 18.9 Å². The van der Waals surface area contributed by atoms with Crippen molar-refractivity contribution in [3.05, 3.63) is 34.0 Å². The molecular formula is C17H22N4O2S. The van der Waals surface area contributed by atoms with Gasteiger partial charge in [-0.2, -0.15) is 0 Å². The highest BCUT2D eigenvalue weighted by atomic mass is 32.1. The minimum atomic E-state index is -0.785. The number of ether oxygens (including phenoxy) is 1. The van der Waals surface area contributed by atoms with E-state index in [2.05, 4.69) is 20.1 Å². The van der Waals surface area contributed by atoms with Crippen molar-refractivity contribution in [3.8, 4) is 0 Å². The summed E-state index contributed by atoms with van der Waals surface area (Å²) in [6, 6.07) is 4.02. The average Bonchev–Trinajstić information content (AvgIpc) is 3.32. The maximum Gasteiger partial charge on any atom is 0.248 e. The lowest BCUT2D eigenvalue weighted by molar-refractivity contribution is -0.135. The first-order valence-corrected chi connectivity index (χ1v) is 9.39. The van der Waals surface area contributed by atoms with E-state index in [-0.39, 0.29) is 5.91 Å². The Hall–Kier alpha value is -1.73.